The molecule has 16 heavy (non-hydrogen) atoms. The van der Waals surface area contributed by atoms with Gasteiger partial charge < -0.3 is 5.73 Å². The second-order valence-electron chi connectivity index (χ2n) is 4.11. The molecule has 80 valence electrons. The molecule has 3 rings (SSSR count). The van der Waals surface area contributed by atoms with E-state index in [0.717, 1.165) is 29.9 Å². The smallest absolute Gasteiger partial charge is 0.161 e. The van der Waals surface area contributed by atoms with Crippen LogP contribution in [0.15, 0.2) is 30.5 Å². The summed E-state index contributed by atoms with van der Waals surface area (Å²) in [5.74, 6) is 0.749. The largest absolute Gasteiger partial charge is 0.398 e. The lowest BCUT2D eigenvalue weighted by Gasteiger charge is -2.05. The van der Waals surface area contributed by atoms with Crippen molar-refractivity contribution in [2.45, 2.75) is 19.3 Å². The van der Waals surface area contributed by atoms with Crippen LogP contribution in [0, 0.1) is 0 Å². The number of anilines is 1. The highest BCUT2D eigenvalue weighted by molar-refractivity contribution is 5.71. The first-order valence-corrected chi connectivity index (χ1v) is 5.54. The van der Waals surface area contributed by atoms with Gasteiger partial charge in [0, 0.05) is 23.1 Å². The minimum atomic E-state index is 0.737. The van der Waals surface area contributed by atoms with Crippen molar-refractivity contribution >= 4 is 5.69 Å². The van der Waals surface area contributed by atoms with E-state index in [-0.39, 0.29) is 0 Å². The third-order valence-electron chi connectivity index (χ3n) is 3.02. The summed E-state index contributed by atoms with van der Waals surface area (Å²) in [6.45, 7) is 0. The Morgan fingerprint density at radius 2 is 2.00 bits per heavy atom. The number of hydrogen-bond donors (Lipinski definition) is 1. The minimum absolute atomic E-state index is 0.737. The first-order valence-electron chi connectivity index (χ1n) is 5.54. The van der Waals surface area contributed by atoms with Crippen molar-refractivity contribution in [1.29, 1.82) is 0 Å². The summed E-state index contributed by atoms with van der Waals surface area (Å²) in [4.78, 5) is 8.98. The number of nitrogens with zero attached hydrogens (tertiary/aromatic N) is 2. The zero-order valence-electron chi connectivity index (χ0n) is 8.98. The maximum atomic E-state index is 5.92. The second kappa shape index (κ2) is 3.59. The molecule has 0 radical (unpaired) electrons. The lowest BCUT2D eigenvalue weighted by atomic mass is 10.1. The lowest BCUT2D eigenvalue weighted by molar-refractivity contribution is 0.900. The van der Waals surface area contributed by atoms with Crippen molar-refractivity contribution in [2.24, 2.45) is 0 Å². The van der Waals surface area contributed by atoms with Crippen molar-refractivity contribution < 1.29 is 0 Å². The maximum Gasteiger partial charge on any atom is 0.161 e. The van der Waals surface area contributed by atoms with Crippen LogP contribution in [0.25, 0.3) is 11.4 Å². The van der Waals surface area contributed by atoms with Crippen LogP contribution in [0.5, 0.6) is 0 Å². The number of benzene rings is 1. The molecule has 0 spiro atoms. The van der Waals surface area contributed by atoms with E-state index in [1.807, 2.05) is 30.5 Å². The summed E-state index contributed by atoms with van der Waals surface area (Å²) in [5, 5.41) is 0. The average Bonchev–Trinajstić information content (AvgIpc) is 2.76. The Balaban J connectivity index is 2.11. The van der Waals surface area contributed by atoms with Crippen LogP contribution in [-0.2, 0) is 12.8 Å². The van der Waals surface area contributed by atoms with E-state index in [4.69, 9.17) is 5.73 Å². The molecule has 2 aromatic rings. The number of aryl methyl sites for hydroxylation is 2. The molecular weight excluding hydrogens is 198 g/mol. The Bertz CT molecular complexity index is 534. The molecule has 2 N–H and O–H groups in total. The third kappa shape index (κ3) is 1.45. The van der Waals surface area contributed by atoms with Crippen LogP contribution in [0.3, 0.4) is 0 Å². The molecule has 0 saturated heterocycles. The normalized spacial score (nSPS) is 13.8. The number of nitrogen functional groups attached to an aromatic ring is 1. The van der Waals surface area contributed by atoms with Crippen LogP contribution in [0.2, 0.25) is 0 Å². The zero-order valence-corrected chi connectivity index (χ0v) is 8.98. The highest BCUT2D eigenvalue weighted by Gasteiger charge is 2.14. The van der Waals surface area contributed by atoms with Crippen molar-refractivity contribution in [2.75, 3.05) is 5.73 Å². The van der Waals surface area contributed by atoms with E-state index in [9.17, 15) is 0 Å². The van der Waals surface area contributed by atoms with Gasteiger partial charge >= 0.3 is 0 Å². The molecule has 0 fully saturated rings. The molecule has 0 saturated carbocycles. The molecule has 0 amide bonds. The van der Waals surface area contributed by atoms with Gasteiger partial charge in [-0.25, -0.2) is 9.97 Å². The number of para-hydroxylation sites is 1. The summed E-state index contributed by atoms with van der Waals surface area (Å²) in [6, 6.07) is 7.73. The Morgan fingerprint density at radius 3 is 2.88 bits per heavy atom. The van der Waals surface area contributed by atoms with Crippen molar-refractivity contribution in [1.82, 2.24) is 9.97 Å². The van der Waals surface area contributed by atoms with Gasteiger partial charge in [0.25, 0.3) is 0 Å². The highest BCUT2D eigenvalue weighted by atomic mass is 14.9. The summed E-state index contributed by atoms with van der Waals surface area (Å²) in [7, 11) is 0. The van der Waals surface area contributed by atoms with Crippen molar-refractivity contribution in [3.63, 3.8) is 0 Å². The quantitative estimate of drug-likeness (QED) is 0.736. The molecule has 0 unspecified atom stereocenters. The van der Waals surface area contributed by atoms with E-state index in [0.29, 0.717) is 0 Å². The van der Waals surface area contributed by atoms with Crippen molar-refractivity contribution in [3.05, 3.63) is 41.7 Å². The van der Waals surface area contributed by atoms with Crippen LogP contribution in [0.1, 0.15) is 17.7 Å². The van der Waals surface area contributed by atoms with E-state index < -0.39 is 0 Å². The molecule has 1 aromatic heterocycles. The Kier molecular flexibility index (Phi) is 2.10. The van der Waals surface area contributed by atoms with E-state index >= 15 is 0 Å². The Labute approximate surface area is 94.4 Å². The van der Waals surface area contributed by atoms with E-state index in [1.54, 1.807) is 0 Å². The number of fused-ring (bicyclic) bond motifs is 1. The molecule has 0 aliphatic heterocycles. The Morgan fingerprint density at radius 1 is 1.12 bits per heavy atom. The highest BCUT2D eigenvalue weighted by Crippen LogP contribution is 2.25. The van der Waals surface area contributed by atoms with Crippen LogP contribution in [-0.4, -0.2) is 9.97 Å². The van der Waals surface area contributed by atoms with Gasteiger partial charge in [-0.3, -0.25) is 0 Å². The van der Waals surface area contributed by atoms with Gasteiger partial charge in [-0.15, -0.1) is 0 Å². The van der Waals surface area contributed by atoms with Gasteiger partial charge in [-0.1, -0.05) is 12.1 Å². The molecule has 0 atom stereocenters. The fourth-order valence-corrected chi connectivity index (χ4v) is 2.14. The molecule has 1 aromatic carbocycles. The molecule has 1 aliphatic carbocycles. The first kappa shape index (κ1) is 9.33. The number of aromatic nitrogens is 2. The van der Waals surface area contributed by atoms with Crippen LogP contribution >= 0.6 is 0 Å². The van der Waals surface area contributed by atoms with Gasteiger partial charge in [-0.2, -0.15) is 0 Å². The first-order chi connectivity index (χ1) is 7.84. The summed E-state index contributed by atoms with van der Waals surface area (Å²) < 4.78 is 0. The molecule has 0 bridgehead atoms. The zero-order chi connectivity index (χ0) is 11.0. The summed E-state index contributed by atoms with van der Waals surface area (Å²) in [6.07, 6.45) is 5.31. The summed E-state index contributed by atoms with van der Waals surface area (Å²) in [5.41, 5.74) is 10.1. The minimum Gasteiger partial charge on any atom is -0.398 e. The number of nitrogens with two attached hydrogens (primary N) is 1. The standard InChI is InChI=1S/C13H13N3/c14-11-6-2-1-5-10(11)13-15-8-9-4-3-7-12(9)16-13/h1-2,5-6,8H,3-4,7,14H2. The number of hydrogen-bond acceptors (Lipinski definition) is 3. The fourth-order valence-electron chi connectivity index (χ4n) is 2.14. The molecule has 3 heteroatoms. The molecule has 3 nitrogen and oxygen atoms in total. The third-order valence-corrected chi connectivity index (χ3v) is 3.02. The van der Waals surface area contributed by atoms with Crippen LogP contribution < -0.4 is 5.73 Å². The number of rotatable bonds is 1. The summed E-state index contributed by atoms with van der Waals surface area (Å²) >= 11 is 0. The topological polar surface area (TPSA) is 51.8 Å². The second-order valence-corrected chi connectivity index (χ2v) is 4.11. The average molecular weight is 211 g/mol. The molecular formula is C13H13N3. The van der Waals surface area contributed by atoms with E-state index in [1.165, 1.54) is 17.7 Å². The SMILES string of the molecule is Nc1ccccc1-c1ncc2c(n1)CCC2. The van der Waals surface area contributed by atoms with Gasteiger partial charge in [0.15, 0.2) is 5.82 Å². The molecule has 1 heterocycles. The fraction of sp³-hybridized carbons (Fsp3) is 0.231. The van der Waals surface area contributed by atoms with Gasteiger partial charge in [0.05, 0.1) is 0 Å². The lowest BCUT2D eigenvalue weighted by Crippen LogP contribution is -1.97. The van der Waals surface area contributed by atoms with Gasteiger partial charge in [0.2, 0.25) is 0 Å². The van der Waals surface area contributed by atoms with Crippen LogP contribution in [0.4, 0.5) is 5.69 Å². The predicted molar refractivity (Wildman–Crippen MR) is 63.9 cm³/mol. The Hall–Kier alpha value is -1.90. The van der Waals surface area contributed by atoms with Gasteiger partial charge in [-0.05, 0) is 37.0 Å². The maximum absolute atomic E-state index is 5.92. The van der Waals surface area contributed by atoms with Gasteiger partial charge in [0.1, 0.15) is 0 Å². The van der Waals surface area contributed by atoms with E-state index in [2.05, 4.69) is 9.97 Å². The van der Waals surface area contributed by atoms with Crippen molar-refractivity contribution in [3.8, 4) is 11.4 Å². The monoisotopic (exact) mass is 211 g/mol. The predicted octanol–water partition coefficient (Wildman–Crippen LogP) is 2.21. The molecule has 1 aliphatic rings.